The van der Waals surface area contributed by atoms with Crippen LogP contribution in [0, 0.1) is 0 Å². The number of benzene rings is 1. The van der Waals surface area contributed by atoms with Crippen molar-refractivity contribution in [1.82, 2.24) is 10.2 Å². The van der Waals surface area contributed by atoms with Gasteiger partial charge in [0.1, 0.15) is 0 Å². The molecule has 1 aromatic carbocycles. The van der Waals surface area contributed by atoms with Crippen molar-refractivity contribution in [3.05, 3.63) is 38.9 Å². The normalized spacial score (nSPS) is 10.7. The largest absolute Gasteiger partial charge is 0.375 e. The van der Waals surface area contributed by atoms with E-state index in [-0.39, 0.29) is 11.1 Å². The highest BCUT2D eigenvalue weighted by Gasteiger charge is 2.06. The number of hydrogen-bond acceptors (Lipinski definition) is 3. The van der Waals surface area contributed by atoms with E-state index in [0.29, 0.717) is 10.8 Å². The minimum absolute atomic E-state index is 0.272. The fraction of sp³-hybridized carbons (Fsp3) is 0.333. The van der Waals surface area contributed by atoms with Crippen molar-refractivity contribution in [2.45, 2.75) is 13.3 Å². The lowest BCUT2D eigenvalue weighted by Gasteiger charge is -2.18. The SMILES string of the molecule is CCCN(C)c1ccc2c(=O)[nH][nH]c(=O)c2c1. The van der Waals surface area contributed by atoms with Gasteiger partial charge in [0, 0.05) is 19.3 Å². The lowest BCUT2D eigenvalue weighted by molar-refractivity contribution is 0.852. The summed E-state index contributed by atoms with van der Waals surface area (Å²) in [6.07, 6.45) is 1.03. The van der Waals surface area contributed by atoms with Crippen LogP contribution in [0.1, 0.15) is 13.3 Å². The van der Waals surface area contributed by atoms with Gasteiger partial charge in [-0.05, 0) is 24.6 Å². The molecule has 2 aromatic rings. The van der Waals surface area contributed by atoms with Crippen LogP contribution in [-0.4, -0.2) is 23.8 Å². The molecular weight excluding hydrogens is 218 g/mol. The number of rotatable bonds is 3. The van der Waals surface area contributed by atoms with Crippen LogP contribution in [0.25, 0.3) is 10.8 Å². The maximum Gasteiger partial charge on any atom is 0.270 e. The second-order valence-electron chi connectivity index (χ2n) is 4.06. The molecule has 1 heterocycles. The van der Waals surface area contributed by atoms with Gasteiger partial charge in [0.2, 0.25) is 0 Å². The molecule has 5 nitrogen and oxygen atoms in total. The van der Waals surface area contributed by atoms with Gasteiger partial charge in [-0.25, -0.2) is 0 Å². The van der Waals surface area contributed by atoms with Crippen molar-refractivity contribution in [3.63, 3.8) is 0 Å². The van der Waals surface area contributed by atoms with E-state index in [1.165, 1.54) is 0 Å². The Morgan fingerprint density at radius 2 is 1.76 bits per heavy atom. The van der Waals surface area contributed by atoms with E-state index in [1.54, 1.807) is 12.1 Å². The monoisotopic (exact) mass is 233 g/mol. The number of aromatic amines is 2. The summed E-state index contributed by atoms with van der Waals surface area (Å²) in [5.74, 6) is 0. The third-order valence-corrected chi connectivity index (χ3v) is 2.78. The summed E-state index contributed by atoms with van der Waals surface area (Å²) in [7, 11) is 1.96. The second-order valence-corrected chi connectivity index (χ2v) is 4.06. The number of nitrogens with zero attached hydrogens (tertiary/aromatic N) is 1. The predicted octanol–water partition coefficient (Wildman–Crippen LogP) is 1.06. The number of aromatic nitrogens is 2. The van der Waals surface area contributed by atoms with Crippen LogP contribution in [0.3, 0.4) is 0 Å². The standard InChI is InChI=1S/C12H15N3O2/c1-3-6-15(2)8-4-5-9-10(7-8)12(17)14-13-11(9)16/h4-5,7H,3,6H2,1-2H3,(H,13,16)(H,14,17). The third kappa shape index (κ3) is 2.08. The van der Waals surface area contributed by atoms with E-state index in [9.17, 15) is 9.59 Å². The highest BCUT2D eigenvalue weighted by molar-refractivity contribution is 5.84. The molecule has 0 aliphatic rings. The molecule has 0 unspecified atom stereocenters. The summed E-state index contributed by atoms with van der Waals surface area (Å²) < 4.78 is 0. The number of anilines is 1. The van der Waals surface area contributed by atoms with Gasteiger partial charge in [0.15, 0.2) is 0 Å². The van der Waals surface area contributed by atoms with Crippen LogP contribution in [0.4, 0.5) is 5.69 Å². The zero-order chi connectivity index (χ0) is 12.4. The first kappa shape index (κ1) is 11.4. The molecule has 5 heteroatoms. The van der Waals surface area contributed by atoms with Crippen LogP contribution < -0.4 is 16.0 Å². The minimum Gasteiger partial charge on any atom is -0.375 e. The molecule has 0 fully saturated rings. The molecule has 2 rings (SSSR count). The summed E-state index contributed by atoms with van der Waals surface area (Å²) in [5, 5.41) is 5.48. The summed E-state index contributed by atoms with van der Waals surface area (Å²) in [4.78, 5) is 25.2. The molecule has 0 bridgehead atoms. The van der Waals surface area contributed by atoms with Crippen molar-refractivity contribution in [2.75, 3.05) is 18.5 Å². The van der Waals surface area contributed by atoms with Gasteiger partial charge in [-0.2, -0.15) is 0 Å². The summed E-state index contributed by atoms with van der Waals surface area (Å²) in [6.45, 7) is 3.00. The second kappa shape index (κ2) is 4.45. The Morgan fingerprint density at radius 3 is 2.41 bits per heavy atom. The first-order chi connectivity index (χ1) is 8.13. The van der Waals surface area contributed by atoms with Crippen molar-refractivity contribution < 1.29 is 0 Å². The van der Waals surface area contributed by atoms with Crippen molar-refractivity contribution in [1.29, 1.82) is 0 Å². The average molecular weight is 233 g/mol. The molecule has 90 valence electrons. The highest BCUT2D eigenvalue weighted by Crippen LogP contribution is 2.16. The topological polar surface area (TPSA) is 69.0 Å². The zero-order valence-electron chi connectivity index (χ0n) is 9.91. The van der Waals surface area contributed by atoms with E-state index in [4.69, 9.17) is 0 Å². The van der Waals surface area contributed by atoms with Gasteiger partial charge in [-0.3, -0.25) is 19.8 Å². The number of fused-ring (bicyclic) bond motifs is 1. The Morgan fingerprint density at radius 1 is 1.12 bits per heavy atom. The highest BCUT2D eigenvalue weighted by atomic mass is 16.1. The fourth-order valence-electron chi connectivity index (χ4n) is 1.87. The van der Waals surface area contributed by atoms with E-state index >= 15 is 0 Å². The van der Waals surface area contributed by atoms with Crippen molar-refractivity contribution in [3.8, 4) is 0 Å². The summed E-state index contributed by atoms with van der Waals surface area (Å²) in [5.41, 5.74) is 0.395. The maximum absolute atomic E-state index is 11.6. The molecule has 17 heavy (non-hydrogen) atoms. The molecule has 0 aliphatic heterocycles. The van der Waals surface area contributed by atoms with Crippen molar-refractivity contribution >= 4 is 16.5 Å². The van der Waals surface area contributed by atoms with Crippen LogP contribution in [-0.2, 0) is 0 Å². The number of H-pyrrole nitrogens is 2. The predicted molar refractivity (Wildman–Crippen MR) is 68.8 cm³/mol. The Kier molecular flexibility index (Phi) is 2.99. The molecule has 0 spiro atoms. The van der Waals surface area contributed by atoms with Gasteiger partial charge < -0.3 is 4.90 Å². The van der Waals surface area contributed by atoms with E-state index in [0.717, 1.165) is 18.7 Å². The van der Waals surface area contributed by atoms with Gasteiger partial charge in [-0.15, -0.1) is 0 Å². The Bertz CT molecular complexity index is 642. The molecule has 1 aromatic heterocycles. The average Bonchev–Trinajstić information content (AvgIpc) is 2.34. The van der Waals surface area contributed by atoms with E-state index < -0.39 is 0 Å². The van der Waals surface area contributed by atoms with E-state index in [2.05, 4.69) is 22.0 Å². The van der Waals surface area contributed by atoms with Gasteiger partial charge in [-0.1, -0.05) is 6.92 Å². The quantitative estimate of drug-likeness (QED) is 0.833. The van der Waals surface area contributed by atoms with Gasteiger partial charge in [0.05, 0.1) is 10.8 Å². The van der Waals surface area contributed by atoms with Gasteiger partial charge in [0.25, 0.3) is 11.1 Å². The first-order valence-electron chi connectivity index (χ1n) is 5.59. The Labute approximate surface area is 98.1 Å². The van der Waals surface area contributed by atoms with Crippen LogP contribution >= 0.6 is 0 Å². The minimum atomic E-state index is -0.274. The van der Waals surface area contributed by atoms with Crippen LogP contribution in [0.2, 0.25) is 0 Å². The molecule has 0 amide bonds. The van der Waals surface area contributed by atoms with Crippen LogP contribution in [0.5, 0.6) is 0 Å². The zero-order valence-corrected chi connectivity index (χ0v) is 9.91. The number of hydrogen-bond donors (Lipinski definition) is 2. The lowest BCUT2D eigenvalue weighted by atomic mass is 10.1. The van der Waals surface area contributed by atoms with E-state index in [1.807, 2.05) is 13.1 Å². The molecular formula is C12H15N3O2. The molecule has 0 saturated carbocycles. The molecule has 0 radical (unpaired) electrons. The summed E-state index contributed by atoms with van der Waals surface area (Å²) >= 11 is 0. The Hall–Kier alpha value is -2.04. The molecule has 0 saturated heterocycles. The smallest absolute Gasteiger partial charge is 0.270 e. The molecule has 0 atom stereocenters. The number of nitrogens with one attached hydrogen (secondary N) is 2. The van der Waals surface area contributed by atoms with Crippen LogP contribution in [0.15, 0.2) is 27.8 Å². The van der Waals surface area contributed by atoms with Gasteiger partial charge >= 0.3 is 0 Å². The third-order valence-electron chi connectivity index (χ3n) is 2.78. The van der Waals surface area contributed by atoms with Crippen molar-refractivity contribution in [2.24, 2.45) is 0 Å². The fourth-order valence-corrected chi connectivity index (χ4v) is 1.87. The summed E-state index contributed by atoms with van der Waals surface area (Å²) in [6, 6.07) is 5.29. The lowest BCUT2D eigenvalue weighted by Crippen LogP contribution is -2.21. The maximum atomic E-state index is 11.6. The Balaban J connectivity index is 2.62. The molecule has 0 aliphatic carbocycles. The first-order valence-corrected chi connectivity index (χ1v) is 5.59. The molecule has 2 N–H and O–H groups in total.